The van der Waals surface area contributed by atoms with E-state index in [9.17, 15) is 24.3 Å². The van der Waals surface area contributed by atoms with Gasteiger partial charge in [-0.1, -0.05) is 45.9 Å². The minimum Gasteiger partial charge on any atom is -0.480 e. The van der Waals surface area contributed by atoms with Crippen LogP contribution in [0.1, 0.15) is 53.9 Å². The molecule has 0 aliphatic carbocycles. The molecule has 0 spiro atoms. The van der Waals surface area contributed by atoms with Crippen molar-refractivity contribution in [1.29, 1.82) is 0 Å². The molecule has 5 N–H and O–H groups in total. The third-order valence-corrected chi connectivity index (χ3v) is 5.01. The average molecular weight is 493 g/mol. The van der Waals surface area contributed by atoms with Gasteiger partial charge < -0.3 is 25.8 Å². The Hall–Kier alpha value is -3.14. The van der Waals surface area contributed by atoms with Crippen LogP contribution in [0.5, 0.6) is 0 Å². The number of carboxylic acid groups (broad SMARTS) is 1. The largest absolute Gasteiger partial charge is 0.480 e. The van der Waals surface area contributed by atoms with Crippen molar-refractivity contribution in [3.63, 3.8) is 0 Å². The molecule has 196 valence electrons. The molecule has 0 bridgehead atoms. The summed E-state index contributed by atoms with van der Waals surface area (Å²) in [5.74, 6) is -1.58. The fourth-order valence-electron chi connectivity index (χ4n) is 3.18. The second-order valence-corrected chi connectivity index (χ2v) is 9.39. The lowest BCUT2D eigenvalue weighted by atomic mass is 10.0. The number of ether oxygens (including phenoxy) is 1. The number of carbonyl (C=O) groups is 4. The Balaban J connectivity index is 2.79. The van der Waals surface area contributed by atoms with Crippen molar-refractivity contribution >= 4 is 29.6 Å². The van der Waals surface area contributed by atoms with E-state index in [-0.39, 0.29) is 30.7 Å². The van der Waals surface area contributed by atoms with Gasteiger partial charge in [-0.05, 0) is 50.2 Å². The van der Waals surface area contributed by atoms with Crippen molar-refractivity contribution in [1.82, 2.24) is 16.0 Å². The van der Waals surface area contributed by atoms with Gasteiger partial charge in [-0.25, -0.2) is 4.79 Å². The zero-order valence-corrected chi connectivity index (χ0v) is 21.3. The molecule has 1 aromatic rings. The predicted molar refractivity (Wildman–Crippen MR) is 134 cm³/mol. The Morgan fingerprint density at radius 1 is 0.914 bits per heavy atom. The molecule has 0 heterocycles. The van der Waals surface area contributed by atoms with E-state index in [1.165, 1.54) is 6.92 Å². The third kappa shape index (κ3) is 12.8. The lowest BCUT2D eigenvalue weighted by Crippen LogP contribution is -2.54. The molecule has 0 radical (unpaired) electrons. The average Bonchev–Trinajstić information content (AvgIpc) is 2.79. The normalized spacial score (nSPS) is 13.6. The number of para-hydroxylation sites is 1. The number of benzene rings is 1. The van der Waals surface area contributed by atoms with E-state index in [4.69, 9.17) is 4.74 Å². The maximum atomic E-state index is 13.1. The van der Waals surface area contributed by atoms with Crippen molar-refractivity contribution in [2.45, 2.75) is 72.0 Å². The molecule has 0 aliphatic heterocycles. The first-order valence-electron chi connectivity index (χ1n) is 12.0. The van der Waals surface area contributed by atoms with Gasteiger partial charge in [-0.2, -0.15) is 0 Å². The van der Waals surface area contributed by atoms with Crippen LogP contribution in [0.3, 0.4) is 0 Å². The molecule has 10 heteroatoms. The summed E-state index contributed by atoms with van der Waals surface area (Å²) in [6.07, 6.45) is 0.526. The summed E-state index contributed by atoms with van der Waals surface area (Å²) >= 11 is 0. The second-order valence-electron chi connectivity index (χ2n) is 9.39. The molecule has 35 heavy (non-hydrogen) atoms. The molecule has 0 saturated heterocycles. The van der Waals surface area contributed by atoms with Gasteiger partial charge >= 0.3 is 12.1 Å². The lowest BCUT2D eigenvalue weighted by molar-refractivity contribution is -0.139. The Morgan fingerprint density at radius 2 is 1.57 bits per heavy atom. The van der Waals surface area contributed by atoms with Crippen LogP contribution in [0, 0.1) is 11.8 Å². The number of alkyl carbamates (subject to hydrolysis) is 1. The van der Waals surface area contributed by atoms with E-state index in [0.717, 1.165) is 0 Å². The summed E-state index contributed by atoms with van der Waals surface area (Å²) in [7, 11) is 0. The highest BCUT2D eigenvalue weighted by molar-refractivity contribution is 5.97. The predicted octanol–water partition coefficient (Wildman–Crippen LogP) is 2.75. The molecule has 0 saturated carbocycles. The summed E-state index contributed by atoms with van der Waals surface area (Å²) in [6.45, 7) is 9.75. The lowest BCUT2D eigenvalue weighted by Gasteiger charge is -2.25. The molecular formula is C25H40N4O6. The van der Waals surface area contributed by atoms with Gasteiger partial charge in [0.1, 0.15) is 12.1 Å². The van der Waals surface area contributed by atoms with Crippen molar-refractivity contribution in [2.75, 3.05) is 18.5 Å². The highest BCUT2D eigenvalue weighted by atomic mass is 16.5. The Labute approximate surface area is 207 Å². The smallest absolute Gasteiger partial charge is 0.407 e. The maximum Gasteiger partial charge on any atom is 0.407 e. The molecule has 3 atom stereocenters. The number of carbonyl (C=O) groups excluding carboxylic acids is 3. The van der Waals surface area contributed by atoms with Crippen LogP contribution >= 0.6 is 0 Å². The van der Waals surface area contributed by atoms with Crippen LogP contribution < -0.4 is 21.3 Å². The number of rotatable bonds is 15. The van der Waals surface area contributed by atoms with E-state index in [1.54, 1.807) is 24.3 Å². The quantitative estimate of drug-likeness (QED) is 0.237. The van der Waals surface area contributed by atoms with Crippen LogP contribution in [-0.2, 0) is 19.1 Å². The molecule has 0 aliphatic rings. The summed E-state index contributed by atoms with van der Waals surface area (Å²) in [4.78, 5) is 49.0. The highest BCUT2D eigenvalue weighted by Crippen LogP contribution is 2.11. The summed E-state index contributed by atoms with van der Waals surface area (Å²) in [6, 6.07) is 6.30. The van der Waals surface area contributed by atoms with Crippen molar-refractivity contribution in [3.05, 3.63) is 30.3 Å². The van der Waals surface area contributed by atoms with Crippen LogP contribution in [0.15, 0.2) is 30.3 Å². The van der Waals surface area contributed by atoms with Gasteiger partial charge in [0, 0.05) is 12.2 Å². The Morgan fingerprint density at radius 3 is 2.14 bits per heavy atom. The first-order chi connectivity index (χ1) is 16.5. The van der Waals surface area contributed by atoms with E-state index >= 15 is 0 Å². The number of amides is 3. The summed E-state index contributed by atoms with van der Waals surface area (Å²) in [5, 5.41) is 20.3. The monoisotopic (exact) mass is 492 g/mol. The fourth-order valence-corrected chi connectivity index (χ4v) is 3.18. The Bertz CT molecular complexity index is 815. The SMILES string of the molecule is CC(C)COC(=O)NCCC[C@H](N[C@H](C)C(=O)O)C(=O)N[C@@H](CC(C)C)C(=O)Nc1ccccc1. The summed E-state index contributed by atoms with van der Waals surface area (Å²) in [5.41, 5.74) is 0.616. The minimum atomic E-state index is -1.10. The van der Waals surface area contributed by atoms with Gasteiger partial charge in [0.2, 0.25) is 11.8 Å². The molecule has 0 aromatic heterocycles. The standard InChI is InChI=1S/C25H40N4O6/c1-16(2)14-21(23(31)28-19-10-7-6-8-11-19)29-22(30)20(27-18(5)24(32)33)12-9-13-26-25(34)35-15-17(3)4/h6-8,10-11,16-18,20-21,27H,9,12-15H2,1-5H3,(H,26,34)(H,28,31)(H,29,30)(H,32,33)/t18-,20+,21+/m1/s1. The first-order valence-corrected chi connectivity index (χ1v) is 12.0. The number of anilines is 1. The van der Waals surface area contributed by atoms with Gasteiger partial charge in [0.25, 0.3) is 0 Å². The van der Waals surface area contributed by atoms with Crippen LogP contribution in [0.25, 0.3) is 0 Å². The highest BCUT2D eigenvalue weighted by Gasteiger charge is 2.28. The van der Waals surface area contributed by atoms with Crippen molar-refractivity contribution in [2.24, 2.45) is 11.8 Å². The van der Waals surface area contributed by atoms with Gasteiger partial charge in [0.05, 0.1) is 12.6 Å². The molecule has 1 rings (SSSR count). The molecule has 1 aromatic carbocycles. The van der Waals surface area contributed by atoms with Crippen molar-refractivity contribution < 1.29 is 29.0 Å². The van der Waals surface area contributed by atoms with E-state index in [0.29, 0.717) is 25.1 Å². The second kappa shape index (κ2) is 15.7. The maximum absolute atomic E-state index is 13.1. The Kier molecular flexibility index (Phi) is 13.4. The zero-order chi connectivity index (χ0) is 26.4. The van der Waals surface area contributed by atoms with E-state index in [1.807, 2.05) is 33.8 Å². The van der Waals surface area contributed by atoms with Gasteiger partial charge in [0.15, 0.2) is 0 Å². The van der Waals surface area contributed by atoms with Crippen LogP contribution in [-0.4, -0.2) is 60.3 Å². The summed E-state index contributed by atoms with van der Waals surface area (Å²) < 4.78 is 5.05. The number of carboxylic acids is 1. The zero-order valence-electron chi connectivity index (χ0n) is 21.3. The molecule has 0 fully saturated rings. The van der Waals surface area contributed by atoms with Gasteiger partial charge in [-0.15, -0.1) is 0 Å². The number of hydrogen-bond donors (Lipinski definition) is 5. The molecule has 10 nitrogen and oxygen atoms in total. The van der Waals surface area contributed by atoms with E-state index < -0.39 is 36.1 Å². The first kappa shape index (κ1) is 29.9. The minimum absolute atomic E-state index is 0.132. The van der Waals surface area contributed by atoms with Crippen LogP contribution in [0.4, 0.5) is 10.5 Å². The number of nitrogens with one attached hydrogen (secondary N) is 4. The molecule has 3 amide bonds. The van der Waals surface area contributed by atoms with E-state index in [2.05, 4.69) is 21.3 Å². The number of hydrogen-bond acceptors (Lipinski definition) is 6. The topological polar surface area (TPSA) is 146 Å². The number of aliphatic carboxylic acids is 1. The molecule has 0 unspecified atom stereocenters. The third-order valence-electron chi connectivity index (χ3n) is 5.01. The molecular weight excluding hydrogens is 452 g/mol. The fraction of sp³-hybridized carbons (Fsp3) is 0.600. The van der Waals surface area contributed by atoms with Crippen molar-refractivity contribution in [3.8, 4) is 0 Å². The van der Waals surface area contributed by atoms with Crippen LogP contribution in [0.2, 0.25) is 0 Å². The van der Waals surface area contributed by atoms with Gasteiger partial charge in [-0.3, -0.25) is 19.7 Å².